The van der Waals surface area contributed by atoms with Gasteiger partial charge in [0.05, 0.1) is 24.4 Å². The lowest BCUT2D eigenvalue weighted by Crippen LogP contribution is -2.28. The third kappa shape index (κ3) is 4.93. The zero-order valence-electron chi connectivity index (χ0n) is 21.8. The van der Waals surface area contributed by atoms with Crippen LogP contribution in [0.25, 0.3) is 22.2 Å². The SMILES string of the molecule is COc1cc(C(=O)CC[C@](C)(O)c2cc3c(c(-c4ccc(F)cc4)n2)OC[C@]3(C)/C=N/O)cc2cccnc12. The quantitative estimate of drug-likeness (QED) is 0.135. The lowest BCUT2D eigenvalue weighted by molar-refractivity contribution is 0.0397. The van der Waals surface area contributed by atoms with Crippen molar-refractivity contribution in [3.05, 3.63) is 83.4 Å². The van der Waals surface area contributed by atoms with Crippen molar-refractivity contribution < 1.29 is 29.0 Å². The van der Waals surface area contributed by atoms with Crippen LogP contribution in [0.1, 0.15) is 48.3 Å². The number of aromatic nitrogens is 2. The molecule has 2 N–H and O–H groups in total. The number of benzene rings is 2. The van der Waals surface area contributed by atoms with Crippen LogP contribution in [0, 0.1) is 5.82 Å². The number of aliphatic hydroxyl groups is 1. The van der Waals surface area contributed by atoms with Gasteiger partial charge in [-0.25, -0.2) is 9.37 Å². The second-order valence-electron chi connectivity index (χ2n) is 10.1. The van der Waals surface area contributed by atoms with Crippen LogP contribution in [0.2, 0.25) is 0 Å². The van der Waals surface area contributed by atoms with Crippen LogP contribution in [-0.4, -0.2) is 46.0 Å². The minimum Gasteiger partial charge on any atom is -0.494 e. The molecule has 2 atom stereocenters. The smallest absolute Gasteiger partial charge is 0.163 e. The summed E-state index contributed by atoms with van der Waals surface area (Å²) in [6, 6.07) is 14.6. The Bertz CT molecular complexity index is 1590. The molecule has 4 aromatic rings. The second kappa shape index (κ2) is 10.1. The van der Waals surface area contributed by atoms with E-state index in [0.717, 1.165) is 5.39 Å². The van der Waals surface area contributed by atoms with Gasteiger partial charge in [0, 0.05) is 34.7 Å². The van der Waals surface area contributed by atoms with Gasteiger partial charge in [0.15, 0.2) is 5.78 Å². The fourth-order valence-corrected chi connectivity index (χ4v) is 4.82. The Hall–Kier alpha value is -4.37. The number of fused-ring (bicyclic) bond motifs is 2. The van der Waals surface area contributed by atoms with E-state index < -0.39 is 16.8 Å². The first-order chi connectivity index (χ1) is 18.6. The summed E-state index contributed by atoms with van der Waals surface area (Å²) in [5.74, 6) is 0.407. The maximum Gasteiger partial charge on any atom is 0.163 e. The van der Waals surface area contributed by atoms with Crippen LogP contribution in [-0.2, 0) is 11.0 Å². The summed E-state index contributed by atoms with van der Waals surface area (Å²) in [5, 5.41) is 24.8. The molecule has 0 fully saturated rings. The zero-order chi connectivity index (χ0) is 27.8. The molecular weight excluding hydrogens is 501 g/mol. The van der Waals surface area contributed by atoms with E-state index in [1.807, 2.05) is 13.0 Å². The highest BCUT2D eigenvalue weighted by atomic mass is 19.1. The van der Waals surface area contributed by atoms with Crippen molar-refractivity contribution in [2.45, 2.75) is 37.7 Å². The van der Waals surface area contributed by atoms with Crippen molar-refractivity contribution >= 4 is 22.9 Å². The molecule has 0 spiro atoms. The van der Waals surface area contributed by atoms with E-state index >= 15 is 0 Å². The van der Waals surface area contributed by atoms with E-state index in [2.05, 4.69) is 10.1 Å². The third-order valence-corrected chi connectivity index (χ3v) is 7.17. The molecule has 0 amide bonds. The first-order valence-electron chi connectivity index (χ1n) is 12.5. The molecule has 200 valence electrons. The number of hydrogen-bond donors (Lipinski definition) is 2. The molecule has 9 heteroatoms. The standard InChI is InChI=1S/C30H28FN3O5/c1-29(16-33-37)17-39-28-22(29)15-25(34-27(28)18-6-8-21(31)9-7-18)30(2,36)11-10-23(35)20-13-19-5-4-12-32-26(19)24(14-20)38-3/h4-9,12-16,36-37H,10-11,17H2,1-3H3/b33-16+/t29-,30-/m0/s1. The molecule has 0 radical (unpaired) electrons. The largest absolute Gasteiger partial charge is 0.494 e. The Balaban J connectivity index is 1.49. The van der Waals surface area contributed by atoms with E-state index in [-0.39, 0.29) is 25.2 Å². The Kier molecular flexibility index (Phi) is 6.78. The second-order valence-corrected chi connectivity index (χ2v) is 10.1. The molecule has 0 unspecified atom stereocenters. The molecule has 0 saturated carbocycles. The number of methoxy groups -OCH3 is 1. The number of ether oxygens (including phenoxy) is 2. The fraction of sp³-hybridized carbons (Fsp3) is 0.267. The van der Waals surface area contributed by atoms with Crippen molar-refractivity contribution in [2.24, 2.45) is 5.16 Å². The summed E-state index contributed by atoms with van der Waals surface area (Å²) in [5.41, 5.74) is 0.854. The molecule has 39 heavy (non-hydrogen) atoms. The summed E-state index contributed by atoms with van der Waals surface area (Å²) in [4.78, 5) is 22.3. The van der Waals surface area contributed by atoms with Crippen LogP contribution >= 0.6 is 0 Å². The van der Waals surface area contributed by atoms with Gasteiger partial charge in [-0.15, -0.1) is 5.16 Å². The molecule has 2 aromatic heterocycles. The molecule has 0 saturated heterocycles. The normalized spacial score (nSPS) is 18.1. The Morgan fingerprint density at radius 1 is 1.26 bits per heavy atom. The van der Waals surface area contributed by atoms with Crippen molar-refractivity contribution in [2.75, 3.05) is 13.7 Å². The van der Waals surface area contributed by atoms with Crippen LogP contribution in [0.3, 0.4) is 0 Å². The summed E-state index contributed by atoms with van der Waals surface area (Å²) in [7, 11) is 1.53. The van der Waals surface area contributed by atoms with E-state index in [9.17, 15) is 19.5 Å². The lowest BCUT2D eigenvalue weighted by Gasteiger charge is -2.25. The maximum absolute atomic E-state index is 13.6. The molecule has 8 nitrogen and oxygen atoms in total. The summed E-state index contributed by atoms with van der Waals surface area (Å²) in [6.07, 6.45) is 3.16. The highest BCUT2D eigenvalue weighted by Crippen LogP contribution is 2.45. The van der Waals surface area contributed by atoms with Gasteiger partial charge in [-0.05, 0) is 68.8 Å². The minimum atomic E-state index is -1.50. The molecular formula is C30H28FN3O5. The predicted molar refractivity (Wildman–Crippen MR) is 144 cm³/mol. The highest BCUT2D eigenvalue weighted by Gasteiger charge is 2.40. The van der Waals surface area contributed by atoms with Gasteiger partial charge in [0.2, 0.25) is 0 Å². The average molecular weight is 530 g/mol. The number of hydrogen-bond acceptors (Lipinski definition) is 8. The lowest BCUT2D eigenvalue weighted by atomic mass is 9.83. The number of halogens is 1. The van der Waals surface area contributed by atoms with E-state index in [0.29, 0.717) is 45.1 Å². The molecule has 3 heterocycles. The van der Waals surface area contributed by atoms with Gasteiger partial charge in [-0.3, -0.25) is 9.78 Å². The number of pyridine rings is 2. The number of nitrogens with zero attached hydrogens (tertiary/aromatic N) is 3. The Morgan fingerprint density at radius 2 is 2.03 bits per heavy atom. The van der Waals surface area contributed by atoms with Crippen molar-refractivity contribution in [1.29, 1.82) is 0 Å². The highest BCUT2D eigenvalue weighted by molar-refractivity contribution is 6.01. The van der Waals surface area contributed by atoms with Crippen molar-refractivity contribution in [3.63, 3.8) is 0 Å². The molecule has 1 aliphatic heterocycles. The third-order valence-electron chi connectivity index (χ3n) is 7.17. The molecule has 0 aliphatic carbocycles. The fourth-order valence-electron chi connectivity index (χ4n) is 4.82. The van der Waals surface area contributed by atoms with Crippen LogP contribution in [0.5, 0.6) is 11.5 Å². The monoisotopic (exact) mass is 529 g/mol. The number of ketones is 1. The molecule has 1 aliphatic rings. The van der Waals surface area contributed by atoms with Gasteiger partial charge in [-0.1, -0.05) is 6.07 Å². The number of Topliss-reactive ketones (excluding diaryl/α,β-unsaturated/α-hetero) is 1. The molecule has 2 aromatic carbocycles. The average Bonchev–Trinajstić information content (AvgIpc) is 3.27. The zero-order valence-corrected chi connectivity index (χ0v) is 21.8. The van der Waals surface area contributed by atoms with Crippen molar-refractivity contribution in [1.82, 2.24) is 9.97 Å². The Morgan fingerprint density at radius 3 is 2.74 bits per heavy atom. The van der Waals surface area contributed by atoms with Gasteiger partial charge in [0.25, 0.3) is 0 Å². The van der Waals surface area contributed by atoms with Crippen LogP contribution in [0.4, 0.5) is 4.39 Å². The predicted octanol–water partition coefficient (Wildman–Crippen LogP) is 5.43. The van der Waals surface area contributed by atoms with E-state index in [4.69, 9.17) is 14.5 Å². The summed E-state index contributed by atoms with van der Waals surface area (Å²) >= 11 is 0. The number of carbonyl (C=O) groups is 1. The summed E-state index contributed by atoms with van der Waals surface area (Å²) < 4.78 is 25.0. The minimum absolute atomic E-state index is 0.0401. The maximum atomic E-state index is 13.6. The number of rotatable bonds is 8. The number of oxime groups is 1. The topological polar surface area (TPSA) is 114 Å². The van der Waals surface area contributed by atoms with Crippen LogP contribution < -0.4 is 9.47 Å². The first-order valence-corrected chi connectivity index (χ1v) is 12.5. The van der Waals surface area contributed by atoms with Crippen molar-refractivity contribution in [3.8, 4) is 22.8 Å². The van der Waals surface area contributed by atoms with Gasteiger partial charge in [-0.2, -0.15) is 0 Å². The van der Waals surface area contributed by atoms with Gasteiger partial charge >= 0.3 is 0 Å². The Labute approximate surface area is 224 Å². The van der Waals surface area contributed by atoms with Gasteiger partial charge in [0.1, 0.15) is 40.7 Å². The van der Waals surface area contributed by atoms with E-state index in [1.54, 1.807) is 49.5 Å². The van der Waals surface area contributed by atoms with Gasteiger partial charge < -0.3 is 19.8 Å². The number of carbonyl (C=O) groups excluding carboxylic acids is 1. The molecule has 0 bridgehead atoms. The van der Waals surface area contributed by atoms with Crippen LogP contribution in [0.15, 0.2) is 65.9 Å². The summed E-state index contributed by atoms with van der Waals surface area (Å²) in [6.45, 7) is 3.64. The molecule has 5 rings (SSSR count). The first kappa shape index (κ1) is 26.2. The van der Waals surface area contributed by atoms with E-state index in [1.165, 1.54) is 25.5 Å².